The maximum absolute atomic E-state index is 11.9. The molecule has 0 saturated carbocycles. The number of hydrogen-bond acceptors (Lipinski definition) is 4. The summed E-state index contributed by atoms with van der Waals surface area (Å²) in [5, 5.41) is 8.73. The molecule has 0 spiro atoms. The third kappa shape index (κ3) is 3.33. The second-order valence-corrected chi connectivity index (χ2v) is 4.13. The van der Waals surface area contributed by atoms with Gasteiger partial charge in [-0.15, -0.1) is 0 Å². The third-order valence-electron chi connectivity index (χ3n) is 2.74. The summed E-state index contributed by atoms with van der Waals surface area (Å²) in [5.41, 5.74) is 2.04. The highest BCUT2D eigenvalue weighted by Gasteiger charge is 2.12. The zero-order chi connectivity index (χ0) is 14.4. The van der Waals surface area contributed by atoms with Crippen molar-refractivity contribution in [3.8, 4) is 6.07 Å². The highest BCUT2D eigenvalue weighted by atomic mass is 16.6. The van der Waals surface area contributed by atoms with Crippen molar-refractivity contribution in [2.75, 3.05) is 11.9 Å². The topological polar surface area (TPSA) is 66.2 Å². The average molecular weight is 267 g/mol. The minimum atomic E-state index is -0.460. The lowest BCUT2D eigenvalue weighted by atomic mass is 10.2. The van der Waals surface area contributed by atoms with Gasteiger partial charge in [0.15, 0.2) is 0 Å². The molecule has 0 bridgehead atoms. The molecule has 2 rings (SSSR count). The summed E-state index contributed by atoms with van der Waals surface area (Å²) >= 11 is 0. The minimum Gasteiger partial charge on any atom is -0.444 e. The van der Waals surface area contributed by atoms with Crippen LogP contribution in [0.4, 0.5) is 10.5 Å². The molecule has 0 unspecified atom stereocenters. The molecule has 1 aromatic carbocycles. The number of amides is 1. The lowest BCUT2D eigenvalue weighted by Crippen LogP contribution is -2.26. The number of nitriles is 1. The number of rotatable bonds is 3. The molecule has 0 aliphatic rings. The number of hydrogen-bond donors (Lipinski definition) is 0. The maximum atomic E-state index is 11.9. The molecule has 0 fully saturated rings. The van der Waals surface area contributed by atoms with Gasteiger partial charge in [-0.3, -0.25) is 9.88 Å². The van der Waals surface area contributed by atoms with Gasteiger partial charge in [-0.05, 0) is 30.3 Å². The van der Waals surface area contributed by atoms with Crippen molar-refractivity contribution in [2.45, 2.75) is 6.61 Å². The van der Waals surface area contributed by atoms with Crippen LogP contribution in [0.15, 0.2) is 48.8 Å². The molecular weight excluding hydrogens is 254 g/mol. The second kappa shape index (κ2) is 6.34. The number of pyridine rings is 1. The molecule has 5 heteroatoms. The molecule has 5 nitrogen and oxygen atoms in total. The molecule has 0 saturated heterocycles. The lowest BCUT2D eigenvalue weighted by molar-refractivity contribution is 0.148. The molecule has 0 aliphatic heterocycles. The standard InChI is InChI=1S/C15H13N3O2/c1-18(14-6-4-12(9-16)5-7-14)15(19)20-11-13-3-2-8-17-10-13/h2-8,10H,11H2,1H3. The SMILES string of the molecule is CN(C(=O)OCc1cccnc1)c1ccc(C#N)cc1. The summed E-state index contributed by atoms with van der Waals surface area (Å²) in [6.07, 6.45) is 2.85. The Bertz CT molecular complexity index is 618. The Hall–Kier alpha value is -2.87. The Labute approximate surface area is 117 Å². The van der Waals surface area contributed by atoms with E-state index in [4.69, 9.17) is 10.00 Å². The van der Waals surface area contributed by atoms with E-state index in [1.807, 2.05) is 12.1 Å². The molecule has 0 N–H and O–H groups in total. The summed E-state index contributed by atoms with van der Waals surface area (Å²) in [6.45, 7) is 0.174. The molecule has 2 aromatic rings. The van der Waals surface area contributed by atoms with Crippen LogP contribution in [0, 0.1) is 11.3 Å². The zero-order valence-electron chi connectivity index (χ0n) is 11.0. The Morgan fingerprint density at radius 1 is 1.35 bits per heavy atom. The first-order valence-electron chi connectivity index (χ1n) is 6.00. The van der Waals surface area contributed by atoms with Crippen molar-refractivity contribution in [3.63, 3.8) is 0 Å². The Morgan fingerprint density at radius 2 is 2.10 bits per heavy atom. The fraction of sp³-hybridized carbons (Fsp3) is 0.133. The van der Waals surface area contributed by atoms with Crippen molar-refractivity contribution < 1.29 is 9.53 Å². The first-order valence-corrected chi connectivity index (χ1v) is 6.00. The van der Waals surface area contributed by atoms with Gasteiger partial charge in [0.2, 0.25) is 0 Å². The lowest BCUT2D eigenvalue weighted by Gasteiger charge is -2.17. The predicted molar refractivity (Wildman–Crippen MR) is 74.0 cm³/mol. The zero-order valence-corrected chi connectivity index (χ0v) is 11.0. The first-order chi connectivity index (χ1) is 9.70. The Balaban J connectivity index is 1.96. The molecular formula is C15H13N3O2. The van der Waals surface area contributed by atoms with Crippen LogP contribution in [0.2, 0.25) is 0 Å². The van der Waals surface area contributed by atoms with Crippen LogP contribution >= 0.6 is 0 Å². The van der Waals surface area contributed by atoms with Crippen molar-refractivity contribution >= 4 is 11.8 Å². The quantitative estimate of drug-likeness (QED) is 0.857. The van der Waals surface area contributed by atoms with Crippen molar-refractivity contribution in [1.82, 2.24) is 4.98 Å². The van der Waals surface area contributed by atoms with Gasteiger partial charge < -0.3 is 4.74 Å². The number of carbonyl (C=O) groups is 1. The van der Waals surface area contributed by atoms with E-state index in [-0.39, 0.29) is 6.61 Å². The van der Waals surface area contributed by atoms with Crippen molar-refractivity contribution in [1.29, 1.82) is 5.26 Å². The van der Waals surface area contributed by atoms with Gasteiger partial charge in [0.05, 0.1) is 11.6 Å². The van der Waals surface area contributed by atoms with Gasteiger partial charge in [0, 0.05) is 30.7 Å². The van der Waals surface area contributed by atoms with E-state index in [1.54, 1.807) is 49.8 Å². The minimum absolute atomic E-state index is 0.174. The van der Waals surface area contributed by atoms with Crippen LogP contribution in [-0.4, -0.2) is 18.1 Å². The summed E-state index contributed by atoms with van der Waals surface area (Å²) in [7, 11) is 1.62. The van der Waals surface area contributed by atoms with Crippen LogP contribution in [-0.2, 0) is 11.3 Å². The fourth-order valence-electron chi connectivity index (χ4n) is 1.59. The molecule has 100 valence electrons. The van der Waals surface area contributed by atoms with E-state index in [2.05, 4.69) is 4.98 Å². The third-order valence-corrected chi connectivity index (χ3v) is 2.74. The number of carbonyl (C=O) groups excluding carboxylic acids is 1. The van der Waals surface area contributed by atoms with Gasteiger partial charge in [-0.1, -0.05) is 6.07 Å². The van der Waals surface area contributed by atoms with Crippen molar-refractivity contribution in [2.24, 2.45) is 0 Å². The van der Waals surface area contributed by atoms with Gasteiger partial charge >= 0.3 is 6.09 Å². The monoisotopic (exact) mass is 267 g/mol. The summed E-state index contributed by atoms with van der Waals surface area (Å²) in [4.78, 5) is 17.2. The van der Waals surface area contributed by atoms with E-state index in [0.29, 0.717) is 11.3 Å². The Morgan fingerprint density at radius 3 is 2.70 bits per heavy atom. The summed E-state index contributed by atoms with van der Waals surface area (Å²) in [6, 6.07) is 12.4. The van der Waals surface area contributed by atoms with E-state index < -0.39 is 6.09 Å². The van der Waals surface area contributed by atoms with E-state index in [9.17, 15) is 4.79 Å². The molecule has 1 heterocycles. The second-order valence-electron chi connectivity index (χ2n) is 4.13. The number of anilines is 1. The van der Waals surface area contributed by atoms with Crippen LogP contribution in [0.1, 0.15) is 11.1 Å². The highest BCUT2D eigenvalue weighted by molar-refractivity contribution is 5.86. The van der Waals surface area contributed by atoms with Gasteiger partial charge in [0.25, 0.3) is 0 Å². The van der Waals surface area contributed by atoms with Gasteiger partial charge in [-0.25, -0.2) is 4.79 Å². The van der Waals surface area contributed by atoms with Gasteiger partial charge in [0.1, 0.15) is 6.61 Å². The number of nitrogens with zero attached hydrogens (tertiary/aromatic N) is 3. The summed E-state index contributed by atoms with van der Waals surface area (Å²) in [5.74, 6) is 0. The molecule has 0 radical (unpaired) electrons. The average Bonchev–Trinajstić information content (AvgIpc) is 2.53. The number of aromatic nitrogens is 1. The molecule has 20 heavy (non-hydrogen) atoms. The maximum Gasteiger partial charge on any atom is 0.414 e. The van der Waals surface area contributed by atoms with Crippen LogP contribution in [0.3, 0.4) is 0 Å². The molecule has 0 aliphatic carbocycles. The summed E-state index contributed by atoms with van der Waals surface area (Å²) < 4.78 is 5.18. The highest BCUT2D eigenvalue weighted by Crippen LogP contribution is 2.14. The van der Waals surface area contributed by atoms with Crippen molar-refractivity contribution in [3.05, 3.63) is 59.9 Å². The predicted octanol–water partition coefficient (Wildman–Crippen LogP) is 2.73. The fourth-order valence-corrected chi connectivity index (χ4v) is 1.59. The molecule has 0 atom stereocenters. The van der Waals surface area contributed by atoms with Crippen LogP contribution in [0.25, 0.3) is 0 Å². The molecule has 1 amide bonds. The van der Waals surface area contributed by atoms with Gasteiger partial charge in [-0.2, -0.15) is 5.26 Å². The normalized spacial score (nSPS) is 9.60. The Kier molecular flexibility index (Phi) is 4.30. The number of benzene rings is 1. The van der Waals surface area contributed by atoms with E-state index in [1.165, 1.54) is 4.90 Å². The first kappa shape index (κ1) is 13.6. The molecule has 1 aromatic heterocycles. The van der Waals surface area contributed by atoms with Crippen LogP contribution < -0.4 is 4.90 Å². The van der Waals surface area contributed by atoms with Crippen LogP contribution in [0.5, 0.6) is 0 Å². The van der Waals surface area contributed by atoms with E-state index >= 15 is 0 Å². The smallest absolute Gasteiger partial charge is 0.414 e. The van der Waals surface area contributed by atoms with E-state index in [0.717, 1.165) is 5.56 Å². The largest absolute Gasteiger partial charge is 0.444 e. The number of ether oxygens (including phenoxy) is 1.